The number of aromatic amines is 2. The van der Waals surface area contributed by atoms with E-state index in [2.05, 4.69) is 15.4 Å². The first-order valence-corrected chi connectivity index (χ1v) is 9.03. The average molecular weight is 349 g/mol. The Morgan fingerprint density at radius 3 is 2.58 bits per heavy atom. The van der Waals surface area contributed by atoms with Gasteiger partial charge < -0.3 is 9.94 Å². The van der Waals surface area contributed by atoms with E-state index in [1.807, 2.05) is 0 Å². The molecule has 1 aliphatic rings. The van der Waals surface area contributed by atoms with Crippen molar-refractivity contribution in [2.75, 3.05) is 12.9 Å². The van der Waals surface area contributed by atoms with Gasteiger partial charge in [0.05, 0.1) is 10.6 Å². The second-order valence-corrected chi connectivity index (χ2v) is 7.47. The van der Waals surface area contributed by atoms with Gasteiger partial charge in [0.15, 0.2) is 15.6 Å². The van der Waals surface area contributed by atoms with Crippen LogP contribution in [-0.4, -0.2) is 43.0 Å². The molecule has 0 saturated carbocycles. The summed E-state index contributed by atoms with van der Waals surface area (Å²) in [4.78, 5) is 29.3. The summed E-state index contributed by atoms with van der Waals surface area (Å²) in [6, 6.07) is 2.78. The average Bonchev–Trinajstić information content (AvgIpc) is 3.16. The summed E-state index contributed by atoms with van der Waals surface area (Å²) in [6.45, 7) is 1.99. The molecule has 8 nitrogen and oxygen atoms in total. The highest BCUT2D eigenvalue weighted by atomic mass is 32.2. The monoisotopic (exact) mass is 349 g/mol. The predicted octanol–water partition coefficient (Wildman–Crippen LogP) is 0.770. The van der Waals surface area contributed by atoms with Crippen LogP contribution < -0.4 is 5.56 Å². The summed E-state index contributed by atoms with van der Waals surface area (Å²) >= 11 is 0. The molecule has 0 aliphatic carbocycles. The van der Waals surface area contributed by atoms with E-state index in [0.717, 1.165) is 6.26 Å². The Labute approximate surface area is 137 Å². The number of carbonyl (C=O) groups excluding carboxylic acids is 1. The Hall–Kier alpha value is -2.68. The Bertz CT molecular complexity index is 1010. The minimum Gasteiger partial charge on any atom is -0.395 e. The minimum atomic E-state index is -3.52. The van der Waals surface area contributed by atoms with Crippen LogP contribution in [0.4, 0.5) is 0 Å². The summed E-state index contributed by atoms with van der Waals surface area (Å²) in [5.74, 6) is -0.490. The van der Waals surface area contributed by atoms with E-state index in [-0.39, 0.29) is 16.0 Å². The fourth-order valence-corrected chi connectivity index (χ4v) is 3.66. The van der Waals surface area contributed by atoms with Crippen LogP contribution in [0, 0.1) is 6.92 Å². The number of oxime groups is 1. The van der Waals surface area contributed by atoms with Gasteiger partial charge in [-0.2, -0.15) is 0 Å². The van der Waals surface area contributed by atoms with Crippen molar-refractivity contribution in [1.82, 2.24) is 10.2 Å². The smallest absolute Gasteiger partial charge is 0.275 e. The molecule has 24 heavy (non-hydrogen) atoms. The lowest BCUT2D eigenvalue weighted by atomic mass is 9.93. The van der Waals surface area contributed by atoms with E-state index in [9.17, 15) is 18.0 Å². The van der Waals surface area contributed by atoms with E-state index in [4.69, 9.17) is 4.84 Å². The van der Waals surface area contributed by atoms with Crippen molar-refractivity contribution in [1.29, 1.82) is 0 Å². The molecule has 0 saturated heterocycles. The van der Waals surface area contributed by atoms with Gasteiger partial charge >= 0.3 is 0 Å². The van der Waals surface area contributed by atoms with Crippen LogP contribution in [0.3, 0.4) is 0 Å². The second-order valence-electron chi connectivity index (χ2n) is 5.49. The van der Waals surface area contributed by atoms with E-state index in [1.54, 1.807) is 6.92 Å². The molecule has 0 spiro atoms. The normalized spacial score (nSPS) is 14.3. The molecular weight excluding hydrogens is 334 g/mol. The summed E-state index contributed by atoms with van der Waals surface area (Å²) in [5.41, 5.74) is 0.971. The number of benzene rings is 1. The fourth-order valence-electron chi connectivity index (χ4n) is 2.70. The van der Waals surface area contributed by atoms with E-state index in [0.29, 0.717) is 29.9 Å². The zero-order valence-corrected chi connectivity index (χ0v) is 13.9. The number of sulfone groups is 1. The first kappa shape index (κ1) is 16.2. The van der Waals surface area contributed by atoms with Gasteiger partial charge in [-0.15, -0.1) is 0 Å². The number of carbonyl (C=O) groups is 1. The van der Waals surface area contributed by atoms with E-state index in [1.165, 1.54) is 18.3 Å². The van der Waals surface area contributed by atoms with Crippen LogP contribution in [-0.2, 0) is 14.7 Å². The van der Waals surface area contributed by atoms with Gasteiger partial charge in [-0.1, -0.05) is 5.16 Å². The molecule has 0 unspecified atom stereocenters. The van der Waals surface area contributed by atoms with E-state index >= 15 is 0 Å². The molecule has 2 aromatic rings. The quantitative estimate of drug-likeness (QED) is 0.790. The Kier molecular flexibility index (Phi) is 3.88. The molecule has 0 fully saturated rings. The summed E-state index contributed by atoms with van der Waals surface area (Å²) in [5, 5.41) is 8.67. The number of hydrogen-bond donors (Lipinski definition) is 2. The van der Waals surface area contributed by atoms with Crippen molar-refractivity contribution < 1.29 is 18.0 Å². The van der Waals surface area contributed by atoms with Gasteiger partial charge in [0, 0.05) is 30.0 Å². The molecule has 0 amide bonds. The molecule has 9 heteroatoms. The molecule has 1 aliphatic heterocycles. The maximum Gasteiger partial charge on any atom is 0.275 e. The van der Waals surface area contributed by atoms with Gasteiger partial charge in [0.2, 0.25) is 0 Å². The molecule has 0 bridgehead atoms. The third kappa shape index (κ3) is 2.67. The number of aromatic nitrogens is 2. The maximum atomic E-state index is 12.6. The number of ketones is 1. The van der Waals surface area contributed by atoms with Gasteiger partial charge in [-0.25, -0.2) is 8.42 Å². The fraction of sp³-hybridized carbons (Fsp3) is 0.267. The lowest BCUT2D eigenvalue weighted by molar-refractivity contribution is 0.103. The van der Waals surface area contributed by atoms with Crippen molar-refractivity contribution in [3.05, 3.63) is 50.9 Å². The highest BCUT2D eigenvalue weighted by Gasteiger charge is 2.26. The van der Waals surface area contributed by atoms with Gasteiger partial charge in [-0.05, 0) is 24.6 Å². The number of rotatable bonds is 4. The number of nitrogens with one attached hydrogen (secondary N) is 2. The molecular formula is C15H15N3O5S. The van der Waals surface area contributed by atoms with Crippen molar-refractivity contribution >= 4 is 21.3 Å². The van der Waals surface area contributed by atoms with Crippen molar-refractivity contribution in [3.63, 3.8) is 0 Å². The molecule has 0 atom stereocenters. The van der Waals surface area contributed by atoms with Crippen LogP contribution in [0.15, 0.2) is 33.2 Å². The zero-order chi connectivity index (χ0) is 17.5. The number of hydrogen-bond acceptors (Lipinski definition) is 6. The summed E-state index contributed by atoms with van der Waals surface area (Å²) in [6.07, 6.45) is 2.83. The number of H-pyrrole nitrogens is 2. The lowest BCUT2D eigenvalue weighted by Crippen LogP contribution is -2.17. The molecule has 2 heterocycles. The number of nitrogens with zero attached hydrogens (tertiary/aromatic N) is 1. The first-order valence-electron chi connectivity index (χ1n) is 7.14. The van der Waals surface area contributed by atoms with Crippen LogP contribution in [0.5, 0.6) is 0 Å². The molecule has 1 aromatic heterocycles. The lowest BCUT2D eigenvalue weighted by Gasteiger charge is -2.13. The van der Waals surface area contributed by atoms with Crippen LogP contribution in [0.25, 0.3) is 0 Å². The topological polar surface area (TPSA) is 121 Å². The Morgan fingerprint density at radius 1 is 1.29 bits per heavy atom. The van der Waals surface area contributed by atoms with Crippen LogP contribution in [0.1, 0.15) is 33.5 Å². The predicted molar refractivity (Wildman–Crippen MR) is 86.2 cm³/mol. The zero-order valence-electron chi connectivity index (χ0n) is 13.0. The molecule has 0 radical (unpaired) electrons. The summed E-state index contributed by atoms with van der Waals surface area (Å²) in [7, 11) is -3.52. The van der Waals surface area contributed by atoms with E-state index < -0.39 is 21.2 Å². The summed E-state index contributed by atoms with van der Waals surface area (Å²) < 4.78 is 24.2. The van der Waals surface area contributed by atoms with Crippen molar-refractivity contribution in [2.24, 2.45) is 5.16 Å². The largest absolute Gasteiger partial charge is 0.395 e. The molecule has 2 N–H and O–H groups in total. The molecule has 3 rings (SSSR count). The Balaban J connectivity index is 2.24. The highest BCUT2D eigenvalue weighted by Crippen LogP contribution is 2.27. The van der Waals surface area contributed by atoms with Crippen molar-refractivity contribution in [2.45, 2.75) is 18.2 Å². The second kappa shape index (κ2) is 5.75. The van der Waals surface area contributed by atoms with Gasteiger partial charge in [0.1, 0.15) is 12.2 Å². The van der Waals surface area contributed by atoms with Gasteiger partial charge in [-0.3, -0.25) is 14.7 Å². The highest BCUT2D eigenvalue weighted by molar-refractivity contribution is 7.90. The SMILES string of the molecule is Cc1c(C(=O)c2c[nH][nH]c2=O)ccc(S(C)(=O)=O)c1C1=NOCC1. The third-order valence-corrected chi connectivity index (χ3v) is 4.99. The molecule has 126 valence electrons. The Morgan fingerprint density at radius 2 is 2.04 bits per heavy atom. The van der Waals surface area contributed by atoms with Crippen molar-refractivity contribution in [3.8, 4) is 0 Å². The van der Waals surface area contributed by atoms with Crippen LogP contribution in [0.2, 0.25) is 0 Å². The van der Waals surface area contributed by atoms with Crippen LogP contribution >= 0.6 is 0 Å². The first-order chi connectivity index (χ1) is 11.3. The maximum absolute atomic E-state index is 12.6. The van der Waals surface area contributed by atoms with Gasteiger partial charge in [0.25, 0.3) is 5.56 Å². The standard InChI is InChI=1S/C15H15N3O5S/c1-8-9(14(19)10-7-16-17-15(10)20)3-4-12(24(2,21)22)13(8)11-5-6-23-18-11/h3-4,7H,5-6H2,1-2H3,(H2,16,17,20). The third-order valence-electron chi connectivity index (χ3n) is 3.86. The molecule has 1 aromatic carbocycles. The minimum absolute atomic E-state index is 0.0410.